The lowest BCUT2D eigenvalue weighted by Crippen LogP contribution is -2.37. The smallest absolute Gasteiger partial charge is 0.167 e. The first kappa shape index (κ1) is 22.0. The van der Waals surface area contributed by atoms with Crippen LogP contribution in [0.1, 0.15) is 57.4 Å². The molecular formula is C26H34F2Si. The zero-order valence-electron chi connectivity index (χ0n) is 18.3. The fourth-order valence-electron chi connectivity index (χ4n) is 4.25. The van der Waals surface area contributed by atoms with E-state index in [1.54, 1.807) is 12.1 Å². The van der Waals surface area contributed by atoms with Crippen molar-refractivity contribution in [3.05, 3.63) is 59.7 Å². The van der Waals surface area contributed by atoms with Crippen LogP contribution in [0.3, 0.4) is 0 Å². The van der Waals surface area contributed by atoms with E-state index in [0.717, 1.165) is 30.4 Å². The molecule has 0 nitrogen and oxygen atoms in total. The maximum atomic E-state index is 14.9. The van der Waals surface area contributed by atoms with Crippen LogP contribution >= 0.6 is 0 Å². The van der Waals surface area contributed by atoms with Crippen molar-refractivity contribution >= 4 is 18.8 Å². The standard InChI is InChI=1S/C26H34F2Si/c1-5-6-7-8-19-9-11-20(12-10-19)23-17-18-24(26(28)25(23)27)21-13-15-22(16-14-21)29(2,3)4/h11,13-19H,5-10,12H2,1-4H3. The van der Waals surface area contributed by atoms with Gasteiger partial charge in [0.05, 0.1) is 8.07 Å². The topological polar surface area (TPSA) is 0 Å². The number of hydrogen-bond acceptors (Lipinski definition) is 0. The van der Waals surface area contributed by atoms with Crippen LogP contribution in [0.5, 0.6) is 0 Å². The second kappa shape index (κ2) is 9.38. The van der Waals surface area contributed by atoms with Crippen molar-refractivity contribution in [3.8, 4) is 11.1 Å². The first-order valence-electron chi connectivity index (χ1n) is 11.1. The van der Waals surface area contributed by atoms with Crippen molar-refractivity contribution in [2.24, 2.45) is 5.92 Å². The molecule has 29 heavy (non-hydrogen) atoms. The summed E-state index contributed by atoms with van der Waals surface area (Å²) in [5, 5.41) is 1.32. The summed E-state index contributed by atoms with van der Waals surface area (Å²) >= 11 is 0. The zero-order valence-corrected chi connectivity index (χ0v) is 19.3. The summed E-state index contributed by atoms with van der Waals surface area (Å²) in [6, 6.07) is 11.5. The molecule has 1 atom stereocenters. The molecule has 0 heterocycles. The Labute approximate surface area is 176 Å². The van der Waals surface area contributed by atoms with Crippen molar-refractivity contribution < 1.29 is 8.78 Å². The Bertz CT molecular complexity index is 860. The molecule has 0 saturated carbocycles. The molecule has 156 valence electrons. The molecule has 1 unspecified atom stereocenters. The molecule has 0 aliphatic heterocycles. The van der Waals surface area contributed by atoms with Crippen LogP contribution < -0.4 is 5.19 Å². The van der Waals surface area contributed by atoms with Gasteiger partial charge in [0.25, 0.3) is 0 Å². The fourth-order valence-corrected chi connectivity index (χ4v) is 5.42. The van der Waals surface area contributed by atoms with Gasteiger partial charge in [0.15, 0.2) is 11.6 Å². The van der Waals surface area contributed by atoms with Gasteiger partial charge in [0.2, 0.25) is 0 Å². The Morgan fingerprint density at radius 3 is 2.14 bits per heavy atom. The highest BCUT2D eigenvalue weighted by molar-refractivity contribution is 6.88. The van der Waals surface area contributed by atoms with E-state index in [2.05, 4.69) is 44.8 Å². The fraction of sp³-hybridized carbons (Fsp3) is 0.462. The molecular weight excluding hydrogens is 378 g/mol. The lowest BCUT2D eigenvalue weighted by Gasteiger charge is -2.22. The number of allylic oxidation sites excluding steroid dienone is 2. The van der Waals surface area contributed by atoms with E-state index in [-0.39, 0.29) is 0 Å². The highest BCUT2D eigenvalue weighted by atomic mass is 28.3. The molecule has 0 radical (unpaired) electrons. The normalized spacial score (nSPS) is 17.3. The number of benzene rings is 2. The first-order chi connectivity index (χ1) is 13.8. The number of rotatable bonds is 7. The molecule has 0 amide bonds. The van der Waals surface area contributed by atoms with Gasteiger partial charge < -0.3 is 0 Å². The maximum absolute atomic E-state index is 14.9. The summed E-state index contributed by atoms with van der Waals surface area (Å²) in [6.45, 7) is 9.07. The quantitative estimate of drug-likeness (QED) is 0.320. The minimum absolute atomic E-state index is 0.349. The number of hydrogen-bond donors (Lipinski definition) is 0. The van der Waals surface area contributed by atoms with Crippen molar-refractivity contribution in [3.63, 3.8) is 0 Å². The SMILES string of the molecule is CCCCCC1CC=C(c2ccc(-c3ccc([Si](C)(C)C)cc3)c(F)c2F)CC1. The minimum atomic E-state index is -1.41. The van der Waals surface area contributed by atoms with E-state index < -0.39 is 19.7 Å². The summed E-state index contributed by atoms with van der Waals surface area (Å²) in [4.78, 5) is 0. The Kier molecular flexibility index (Phi) is 7.10. The first-order valence-corrected chi connectivity index (χ1v) is 14.6. The molecule has 0 spiro atoms. The van der Waals surface area contributed by atoms with E-state index >= 15 is 0 Å². The van der Waals surface area contributed by atoms with Crippen molar-refractivity contribution in [1.82, 2.24) is 0 Å². The van der Waals surface area contributed by atoms with Crippen molar-refractivity contribution in [2.45, 2.75) is 71.5 Å². The summed E-state index contributed by atoms with van der Waals surface area (Å²) in [6.07, 6.45) is 10.1. The molecule has 2 aromatic carbocycles. The molecule has 0 aromatic heterocycles. The van der Waals surface area contributed by atoms with E-state index in [0.29, 0.717) is 17.0 Å². The lowest BCUT2D eigenvalue weighted by molar-refractivity contribution is 0.427. The Hall–Kier alpha value is -1.74. The highest BCUT2D eigenvalue weighted by Gasteiger charge is 2.21. The van der Waals surface area contributed by atoms with Crippen LogP contribution in [0.25, 0.3) is 16.7 Å². The average Bonchev–Trinajstić information content (AvgIpc) is 2.70. The molecule has 0 N–H and O–H groups in total. The van der Waals surface area contributed by atoms with Crippen LogP contribution in [0, 0.1) is 17.6 Å². The van der Waals surface area contributed by atoms with Crippen molar-refractivity contribution in [2.75, 3.05) is 0 Å². The predicted molar refractivity (Wildman–Crippen MR) is 124 cm³/mol. The third-order valence-electron chi connectivity index (χ3n) is 6.23. The monoisotopic (exact) mass is 412 g/mol. The van der Waals surface area contributed by atoms with E-state index in [1.807, 2.05) is 12.1 Å². The van der Waals surface area contributed by atoms with Gasteiger partial charge in [-0.3, -0.25) is 0 Å². The summed E-state index contributed by atoms with van der Waals surface area (Å²) in [5.74, 6) is -0.732. The number of unbranched alkanes of at least 4 members (excludes halogenated alkanes) is 2. The van der Waals surface area contributed by atoms with E-state index in [1.165, 1.54) is 30.9 Å². The van der Waals surface area contributed by atoms with Gasteiger partial charge in [-0.25, -0.2) is 8.78 Å². The number of halogens is 2. The lowest BCUT2D eigenvalue weighted by atomic mass is 9.83. The van der Waals surface area contributed by atoms with Crippen LogP contribution in [-0.4, -0.2) is 8.07 Å². The van der Waals surface area contributed by atoms with E-state index in [4.69, 9.17) is 0 Å². The van der Waals surface area contributed by atoms with Gasteiger partial charge >= 0.3 is 0 Å². The molecule has 0 bridgehead atoms. The van der Waals surface area contributed by atoms with Gasteiger partial charge in [-0.05, 0) is 36.3 Å². The van der Waals surface area contributed by atoms with E-state index in [9.17, 15) is 8.78 Å². The maximum Gasteiger partial charge on any atom is 0.167 e. The molecule has 0 fully saturated rings. The summed E-state index contributed by atoms with van der Waals surface area (Å²) in [5.41, 5.74) is 2.50. The molecule has 3 heteroatoms. The van der Waals surface area contributed by atoms with Gasteiger partial charge in [-0.2, -0.15) is 0 Å². The van der Waals surface area contributed by atoms with Crippen LogP contribution in [-0.2, 0) is 0 Å². The van der Waals surface area contributed by atoms with Gasteiger partial charge in [-0.1, -0.05) is 99.9 Å². The molecule has 1 aliphatic rings. The molecule has 2 aromatic rings. The minimum Gasteiger partial charge on any atom is -0.203 e. The Morgan fingerprint density at radius 2 is 1.55 bits per heavy atom. The zero-order chi connectivity index (χ0) is 21.0. The Balaban J connectivity index is 1.78. The Morgan fingerprint density at radius 1 is 0.897 bits per heavy atom. The van der Waals surface area contributed by atoms with Gasteiger partial charge in [0, 0.05) is 11.1 Å². The molecule has 1 aliphatic carbocycles. The van der Waals surface area contributed by atoms with Crippen LogP contribution in [0.2, 0.25) is 19.6 Å². The van der Waals surface area contributed by atoms with Crippen LogP contribution in [0.4, 0.5) is 8.78 Å². The second-order valence-electron chi connectivity index (χ2n) is 9.48. The predicted octanol–water partition coefficient (Wildman–Crippen LogP) is 7.94. The van der Waals surface area contributed by atoms with Crippen molar-refractivity contribution in [1.29, 1.82) is 0 Å². The molecule has 3 rings (SSSR count). The highest BCUT2D eigenvalue weighted by Crippen LogP contribution is 2.36. The molecule has 0 saturated heterocycles. The third-order valence-corrected chi connectivity index (χ3v) is 8.29. The van der Waals surface area contributed by atoms with Gasteiger partial charge in [0.1, 0.15) is 0 Å². The summed E-state index contributed by atoms with van der Waals surface area (Å²) < 4.78 is 29.9. The largest absolute Gasteiger partial charge is 0.203 e. The van der Waals surface area contributed by atoms with Crippen LogP contribution in [0.15, 0.2) is 42.5 Å². The average molecular weight is 413 g/mol. The third kappa shape index (κ3) is 5.25. The summed E-state index contributed by atoms with van der Waals surface area (Å²) in [7, 11) is -1.41. The second-order valence-corrected chi connectivity index (χ2v) is 14.6. The van der Waals surface area contributed by atoms with Gasteiger partial charge in [-0.15, -0.1) is 0 Å².